The number of hydrogen-bond donors (Lipinski definition) is 4. The number of hydrogen-bond acceptors (Lipinski definition) is 8. The standard InChI is InChI=1S/C33H44N4O8/c1-7-32(8-2,20-24-11-15-26(16-12-24)34-22(5)38)30(42)36-44-28(40)19-29(41)45-37-31(43)33(9-3,10-4)21-25-13-17-27(18-14-25)35-23(6)39/h11-18H,7-10,19-21H2,1-6H3,(H,34,38)(H,35,39)(H,36,42)(H,37,43). The highest BCUT2D eigenvalue weighted by molar-refractivity contribution is 5.93. The van der Waals surface area contributed by atoms with Crippen molar-refractivity contribution in [3.05, 3.63) is 59.7 Å². The van der Waals surface area contributed by atoms with Crippen molar-refractivity contribution in [3.63, 3.8) is 0 Å². The summed E-state index contributed by atoms with van der Waals surface area (Å²) in [7, 11) is 0. The summed E-state index contributed by atoms with van der Waals surface area (Å²) in [4.78, 5) is 83.2. The van der Waals surface area contributed by atoms with E-state index < -0.39 is 41.0 Å². The van der Waals surface area contributed by atoms with Crippen LogP contribution in [0.15, 0.2) is 48.5 Å². The first kappa shape index (κ1) is 36.5. The lowest BCUT2D eigenvalue weighted by Crippen LogP contribution is -2.44. The summed E-state index contributed by atoms with van der Waals surface area (Å²) in [5.74, 6) is -3.53. The maximum atomic E-state index is 13.1. The van der Waals surface area contributed by atoms with E-state index in [1.165, 1.54) is 13.8 Å². The van der Waals surface area contributed by atoms with Crippen molar-refractivity contribution in [1.82, 2.24) is 11.0 Å². The van der Waals surface area contributed by atoms with Gasteiger partial charge < -0.3 is 20.3 Å². The zero-order valence-corrected chi connectivity index (χ0v) is 26.8. The van der Waals surface area contributed by atoms with Crippen LogP contribution in [-0.2, 0) is 51.3 Å². The highest BCUT2D eigenvalue weighted by Gasteiger charge is 2.37. The first-order chi connectivity index (χ1) is 21.3. The Kier molecular flexibility index (Phi) is 13.7. The molecule has 0 aliphatic carbocycles. The Hall–Kier alpha value is -4.74. The Balaban J connectivity index is 1.92. The minimum Gasteiger partial charge on any atom is -0.340 e. The van der Waals surface area contributed by atoms with Crippen LogP contribution in [0.4, 0.5) is 11.4 Å². The molecular weight excluding hydrogens is 580 g/mol. The van der Waals surface area contributed by atoms with Gasteiger partial charge in [0.25, 0.3) is 11.8 Å². The summed E-state index contributed by atoms with van der Waals surface area (Å²) in [5.41, 5.74) is 5.54. The molecule has 0 heterocycles. The minimum absolute atomic E-state index is 0.190. The summed E-state index contributed by atoms with van der Waals surface area (Å²) in [6.07, 6.45) is 1.66. The number of anilines is 2. The molecule has 0 aliphatic rings. The van der Waals surface area contributed by atoms with Crippen LogP contribution in [0.5, 0.6) is 0 Å². The SMILES string of the molecule is CCC(CC)(Cc1ccc(NC(C)=O)cc1)C(=O)NOC(=O)CC(=O)ONC(=O)C(CC)(CC)Cc1ccc(NC(C)=O)cc1. The summed E-state index contributed by atoms with van der Waals surface area (Å²) in [6, 6.07) is 14.2. The molecule has 4 N–H and O–H groups in total. The number of benzene rings is 2. The lowest BCUT2D eigenvalue weighted by atomic mass is 9.76. The van der Waals surface area contributed by atoms with Crippen LogP contribution in [0.3, 0.4) is 0 Å². The predicted octanol–water partition coefficient (Wildman–Crippen LogP) is 4.54. The zero-order chi connectivity index (χ0) is 33.6. The van der Waals surface area contributed by atoms with E-state index >= 15 is 0 Å². The van der Waals surface area contributed by atoms with E-state index in [0.29, 0.717) is 49.9 Å². The van der Waals surface area contributed by atoms with E-state index in [4.69, 9.17) is 9.68 Å². The molecule has 45 heavy (non-hydrogen) atoms. The van der Waals surface area contributed by atoms with Crippen LogP contribution >= 0.6 is 0 Å². The zero-order valence-electron chi connectivity index (χ0n) is 26.8. The van der Waals surface area contributed by atoms with E-state index in [9.17, 15) is 28.8 Å². The minimum atomic E-state index is -1.06. The number of hydroxylamine groups is 2. The van der Waals surface area contributed by atoms with Gasteiger partial charge in [-0.2, -0.15) is 11.0 Å². The fourth-order valence-corrected chi connectivity index (χ4v) is 5.02. The van der Waals surface area contributed by atoms with Crippen molar-refractivity contribution >= 4 is 46.9 Å². The van der Waals surface area contributed by atoms with Crippen molar-refractivity contribution in [2.75, 3.05) is 10.6 Å². The van der Waals surface area contributed by atoms with Crippen molar-refractivity contribution in [3.8, 4) is 0 Å². The van der Waals surface area contributed by atoms with E-state index in [0.717, 1.165) is 11.1 Å². The molecule has 2 aromatic carbocycles. The van der Waals surface area contributed by atoms with E-state index in [2.05, 4.69) is 21.6 Å². The first-order valence-electron chi connectivity index (χ1n) is 15.0. The number of amides is 4. The average molecular weight is 625 g/mol. The second-order valence-electron chi connectivity index (χ2n) is 11.1. The van der Waals surface area contributed by atoms with Crippen molar-refractivity contribution in [1.29, 1.82) is 0 Å². The molecule has 0 saturated heterocycles. The van der Waals surface area contributed by atoms with Gasteiger partial charge in [-0.3, -0.25) is 19.2 Å². The molecule has 0 aliphatic heterocycles. The summed E-state index contributed by atoms with van der Waals surface area (Å²) < 4.78 is 0. The average Bonchev–Trinajstić information content (AvgIpc) is 3.01. The molecule has 0 fully saturated rings. The van der Waals surface area contributed by atoms with Crippen molar-refractivity contribution in [2.24, 2.45) is 10.8 Å². The Morgan fingerprint density at radius 1 is 0.556 bits per heavy atom. The maximum Gasteiger partial charge on any atom is 0.343 e. The number of carbonyl (C=O) groups is 6. The van der Waals surface area contributed by atoms with E-state index in [-0.39, 0.29) is 11.8 Å². The second-order valence-corrected chi connectivity index (χ2v) is 11.1. The van der Waals surface area contributed by atoms with E-state index in [1.807, 2.05) is 52.0 Å². The van der Waals surface area contributed by atoms with Gasteiger partial charge >= 0.3 is 11.9 Å². The van der Waals surface area contributed by atoms with Crippen LogP contribution in [0, 0.1) is 10.8 Å². The molecule has 12 heteroatoms. The Morgan fingerprint density at radius 2 is 0.867 bits per heavy atom. The van der Waals surface area contributed by atoms with Crippen molar-refractivity contribution in [2.45, 2.75) is 86.5 Å². The smallest absolute Gasteiger partial charge is 0.340 e. The monoisotopic (exact) mass is 624 g/mol. The maximum absolute atomic E-state index is 13.1. The molecule has 2 aromatic rings. The predicted molar refractivity (Wildman–Crippen MR) is 168 cm³/mol. The molecule has 12 nitrogen and oxygen atoms in total. The van der Waals surface area contributed by atoms with Gasteiger partial charge in [0.15, 0.2) is 0 Å². The van der Waals surface area contributed by atoms with Gasteiger partial charge in [-0.1, -0.05) is 52.0 Å². The Bertz CT molecular complexity index is 1240. The molecule has 0 saturated carbocycles. The van der Waals surface area contributed by atoms with Gasteiger partial charge in [0.05, 0.1) is 10.8 Å². The number of carbonyl (C=O) groups excluding carboxylic acids is 6. The van der Waals surface area contributed by atoms with Gasteiger partial charge in [0, 0.05) is 25.2 Å². The normalized spacial score (nSPS) is 11.2. The fourth-order valence-electron chi connectivity index (χ4n) is 5.02. The molecule has 0 radical (unpaired) electrons. The Morgan fingerprint density at radius 3 is 1.13 bits per heavy atom. The van der Waals surface area contributed by atoms with Gasteiger partial charge in [0.2, 0.25) is 11.8 Å². The van der Waals surface area contributed by atoms with Crippen molar-refractivity contribution < 1.29 is 38.4 Å². The summed E-state index contributed by atoms with van der Waals surface area (Å²) in [5, 5.41) is 5.38. The summed E-state index contributed by atoms with van der Waals surface area (Å²) in [6.45, 7) is 10.2. The van der Waals surface area contributed by atoms with Gasteiger partial charge in [-0.15, -0.1) is 0 Å². The number of nitrogens with one attached hydrogen (secondary N) is 4. The third-order valence-electron chi connectivity index (χ3n) is 8.11. The molecule has 2 rings (SSSR count). The third-order valence-corrected chi connectivity index (χ3v) is 8.11. The molecule has 0 aromatic heterocycles. The van der Waals surface area contributed by atoms with Crippen LogP contribution in [0.25, 0.3) is 0 Å². The first-order valence-corrected chi connectivity index (χ1v) is 15.0. The molecule has 244 valence electrons. The van der Waals surface area contributed by atoms with E-state index in [1.54, 1.807) is 24.3 Å². The van der Waals surface area contributed by atoms with Crippen LogP contribution in [0.1, 0.15) is 84.8 Å². The van der Waals surface area contributed by atoms with Gasteiger partial charge in [-0.05, 0) is 73.9 Å². The largest absolute Gasteiger partial charge is 0.343 e. The molecule has 0 atom stereocenters. The highest BCUT2D eigenvalue weighted by Crippen LogP contribution is 2.33. The van der Waals surface area contributed by atoms with Crippen LogP contribution in [-0.4, -0.2) is 35.6 Å². The third kappa shape index (κ3) is 10.7. The fraction of sp³-hybridized carbons (Fsp3) is 0.455. The highest BCUT2D eigenvalue weighted by atomic mass is 16.7. The summed E-state index contributed by atoms with van der Waals surface area (Å²) >= 11 is 0. The van der Waals surface area contributed by atoms with Gasteiger partial charge in [0.1, 0.15) is 6.42 Å². The number of rotatable bonds is 14. The molecule has 4 amide bonds. The van der Waals surface area contributed by atoms with Gasteiger partial charge in [-0.25, -0.2) is 9.59 Å². The lowest BCUT2D eigenvalue weighted by Gasteiger charge is -2.30. The molecule has 0 unspecified atom stereocenters. The second kappa shape index (κ2) is 16.9. The van der Waals surface area contributed by atoms with Crippen LogP contribution < -0.4 is 21.6 Å². The molecule has 0 bridgehead atoms. The topological polar surface area (TPSA) is 169 Å². The molecule has 0 spiro atoms. The molecular formula is C33H44N4O8. The van der Waals surface area contributed by atoms with Crippen LogP contribution in [0.2, 0.25) is 0 Å². The quantitative estimate of drug-likeness (QED) is 0.175. The lowest BCUT2D eigenvalue weighted by molar-refractivity contribution is -0.171. The Labute approximate surface area is 263 Å².